The maximum absolute atomic E-state index is 11.8. The molecule has 1 heterocycles. The number of nitrogens with one attached hydrogen (secondary N) is 1. The summed E-state index contributed by atoms with van der Waals surface area (Å²) in [5, 5.41) is 11.3. The minimum absolute atomic E-state index is 0.0992. The molecule has 0 radical (unpaired) electrons. The van der Waals surface area contributed by atoms with Crippen LogP contribution in [0.25, 0.3) is 0 Å². The van der Waals surface area contributed by atoms with E-state index in [4.69, 9.17) is 5.11 Å². The molecule has 1 aliphatic rings. The topological polar surface area (TPSA) is 86.7 Å². The lowest BCUT2D eigenvalue weighted by molar-refractivity contribution is -0.136. The molecule has 0 atom stereocenters. The molecule has 0 bridgehead atoms. The van der Waals surface area contributed by atoms with Gasteiger partial charge in [-0.05, 0) is 30.7 Å². The Morgan fingerprint density at radius 2 is 1.87 bits per heavy atom. The van der Waals surface area contributed by atoms with Crippen molar-refractivity contribution in [2.45, 2.75) is 25.7 Å². The van der Waals surface area contributed by atoms with Gasteiger partial charge in [-0.3, -0.25) is 14.4 Å². The van der Waals surface area contributed by atoms with Crippen molar-refractivity contribution in [2.24, 2.45) is 0 Å². The molecule has 0 spiro atoms. The van der Waals surface area contributed by atoms with Crippen LogP contribution in [-0.4, -0.2) is 40.9 Å². The van der Waals surface area contributed by atoms with Gasteiger partial charge in [0, 0.05) is 42.3 Å². The number of nitrogens with zero attached hydrogens (tertiary/aromatic N) is 1. The normalized spacial score (nSPS) is 14.1. The van der Waals surface area contributed by atoms with Crippen LogP contribution in [0.3, 0.4) is 0 Å². The van der Waals surface area contributed by atoms with Gasteiger partial charge in [0.1, 0.15) is 0 Å². The van der Waals surface area contributed by atoms with Crippen molar-refractivity contribution < 1.29 is 19.5 Å². The highest BCUT2D eigenvalue weighted by molar-refractivity contribution is 7.99. The number of anilines is 2. The zero-order chi connectivity index (χ0) is 16.7. The molecule has 0 aromatic heterocycles. The van der Waals surface area contributed by atoms with Gasteiger partial charge >= 0.3 is 5.97 Å². The minimum atomic E-state index is -0.821. The van der Waals surface area contributed by atoms with E-state index >= 15 is 0 Å². The van der Waals surface area contributed by atoms with Crippen molar-refractivity contribution in [3.8, 4) is 0 Å². The van der Waals surface area contributed by atoms with Crippen molar-refractivity contribution in [3.05, 3.63) is 24.3 Å². The van der Waals surface area contributed by atoms with Gasteiger partial charge in [0.2, 0.25) is 11.8 Å². The first-order valence-electron chi connectivity index (χ1n) is 7.56. The summed E-state index contributed by atoms with van der Waals surface area (Å²) in [5.74, 6) is 0.331. The molecule has 124 valence electrons. The van der Waals surface area contributed by atoms with Gasteiger partial charge in [0.05, 0.1) is 6.42 Å². The van der Waals surface area contributed by atoms with Crippen molar-refractivity contribution in [3.63, 3.8) is 0 Å². The SMILES string of the molecule is O=C(O)CCSCCC(=O)Nc1ccc(N2CCCC2=O)cc1. The van der Waals surface area contributed by atoms with Gasteiger partial charge in [-0.1, -0.05) is 0 Å². The van der Waals surface area contributed by atoms with Gasteiger partial charge < -0.3 is 15.3 Å². The molecular weight excluding hydrogens is 316 g/mol. The van der Waals surface area contributed by atoms with Crippen LogP contribution in [0.5, 0.6) is 0 Å². The average Bonchev–Trinajstić information content (AvgIpc) is 2.93. The Morgan fingerprint density at radius 1 is 1.17 bits per heavy atom. The molecule has 23 heavy (non-hydrogen) atoms. The Balaban J connectivity index is 1.73. The number of amides is 2. The highest BCUT2D eigenvalue weighted by Gasteiger charge is 2.21. The molecule has 1 saturated heterocycles. The molecule has 0 saturated carbocycles. The Morgan fingerprint density at radius 3 is 2.48 bits per heavy atom. The number of carboxylic acids is 1. The maximum atomic E-state index is 11.8. The highest BCUT2D eigenvalue weighted by atomic mass is 32.2. The maximum Gasteiger partial charge on any atom is 0.304 e. The van der Waals surface area contributed by atoms with Gasteiger partial charge in [0.15, 0.2) is 0 Å². The number of benzene rings is 1. The Hall–Kier alpha value is -2.02. The number of aliphatic carboxylic acids is 1. The van der Waals surface area contributed by atoms with Crippen molar-refractivity contribution in [2.75, 3.05) is 28.3 Å². The first-order valence-corrected chi connectivity index (χ1v) is 8.71. The van der Waals surface area contributed by atoms with Crippen LogP contribution in [0.1, 0.15) is 25.7 Å². The second-order valence-corrected chi connectivity index (χ2v) is 6.47. The lowest BCUT2D eigenvalue weighted by Crippen LogP contribution is -2.23. The largest absolute Gasteiger partial charge is 0.481 e. The van der Waals surface area contributed by atoms with E-state index in [0.29, 0.717) is 30.0 Å². The quantitative estimate of drug-likeness (QED) is 0.712. The summed E-state index contributed by atoms with van der Waals surface area (Å²) in [6.07, 6.45) is 1.94. The number of rotatable bonds is 8. The monoisotopic (exact) mass is 336 g/mol. The molecule has 1 aromatic rings. The number of carbonyl (C=O) groups excluding carboxylic acids is 2. The van der Waals surface area contributed by atoms with Gasteiger partial charge in [-0.2, -0.15) is 11.8 Å². The summed E-state index contributed by atoms with van der Waals surface area (Å²) < 4.78 is 0. The van der Waals surface area contributed by atoms with Crippen LogP contribution < -0.4 is 10.2 Å². The third kappa shape index (κ3) is 5.59. The molecule has 1 fully saturated rings. The predicted octanol–water partition coefficient (Wildman–Crippen LogP) is 2.35. The van der Waals surface area contributed by atoms with Crippen LogP contribution in [0.4, 0.5) is 11.4 Å². The number of hydrogen-bond acceptors (Lipinski definition) is 4. The fourth-order valence-electron chi connectivity index (χ4n) is 2.30. The fraction of sp³-hybridized carbons (Fsp3) is 0.438. The first-order chi connectivity index (χ1) is 11.1. The number of thioether (sulfide) groups is 1. The summed E-state index contributed by atoms with van der Waals surface area (Å²) in [6, 6.07) is 7.24. The molecule has 2 N–H and O–H groups in total. The van der Waals surface area contributed by atoms with Crippen LogP contribution in [0, 0.1) is 0 Å². The molecule has 1 aliphatic heterocycles. The second kappa shape index (κ2) is 8.57. The Kier molecular flexibility index (Phi) is 6.46. The van der Waals surface area contributed by atoms with E-state index in [1.165, 1.54) is 11.8 Å². The molecular formula is C16H20N2O4S. The molecule has 7 heteroatoms. The van der Waals surface area contributed by atoms with Gasteiger partial charge in [0.25, 0.3) is 0 Å². The summed E-state index contributed by atoms with van der Waals surface area (Å²) in [6.45, 7) is 0.748. The van der Waals surface area contributed by atoms with Gasteiger partial charge in [-0.25, -0.2) is 0 Å². The van der Waals surface area contributed by atoms with Crippen molar-refractivity contribution in [1.29, 1.82) is 0 Å². The predicted molar refractivity (Wildman–Crippen MR) is 90.9 cm³/mol. The van der Waals surface area contributed by atoms with E-state index in [9.17, 15) is 14.4 Å². The standard InChI is InChI=1S/C16H20N2O4S/c19-14(7-10-23-11-8-16(21)22)17-12-3-5-13(6-4-12)18-9-1-2-15(18)20/h3-6H,1-2,7-11H2,(H,17,19)(H,21,22). The van der Waals surface area contributed by atoms with Crippen LogP contribution in [0.2, 0.25) is 0 Å². The Bertz CT molecular complexity index is 574. The summed E-state index contributed by atoms with van der Waals surface area (Å²) >= 11 is 1.45. The number of carboxylic acid groups (broad SMARTS) is 1. The van der Waals surface area contributed by atoms with Crippen LogP contribution in [-0.2, 0) is 14.4 Å². The highest BCUT2D eigenvalue weighted by Crippen LogP contribution is 2.23. The first kappa shape index (κ1) is 17.3. The van der Waals surface area contributed by atoms with Crippen LogP contribution in [0.15, 0.2) is 24.3 Å². The van der Waals surface area contributed by atoms with Gasteiger partial charge in [-0.15, -0.1) is 0 Å². The average molecular weight is 336 g/mol. The van der Waals surface area contributed by atoms with E-state index in [1.54, 1.807) is 17.0 Å². The Labute approximate surface area is 139 Å². The van der Waals surface area contributed by atoms with Crippen LogP contribution >= 0.6 is 11.8 Å². The lowest BCUT2D eigenvalue weighted by atomic mass is 10.2. The molecule has 1 aromatic carbocycles. The smallest absolute Gasteiger partial charge is 0.304 e. The molecule has 6 nitrogen and oxygen atoms in total. The van der Waals surface area contributed by atoms with E-state index in [1.807, 2.05) is 12.1 Å². The summed E-state index contributed by atoms with van der Waals surface area (Å²) in [7, 11) is 0. The summed E-state index contributed by atoms with van der Waals surface area (Å²) in [4.78, 5) is 35.6. The zero-order valence-corrected chi connectivity index (χ0v) is 13.6. The third-order valence-corrected chi connectivity index (χ3v) is 4.46. The molecule has 0 aliphatic carbocycles. The minimum Gasteiger partial charge on any atom is -0.481 e. The van der Waals surface area contributed by atoms with Crippen molar-refractivity contribution in [1.82, 2.24) is 0 Å². The van der Waals surface area contributed by atoms with E-state index in [-0.39, 0.29) is 18.2 Å². The molecule has 2 rings (SSSR count). The number of hydrogen-bond donors (Lipinski definition) is 2. The zero-order valence-electron chi connectivity index (χ0n) is 12.8. The van der Waals surface area contributed by atoms with E-state index in [0.717, 1.165) is 18.7 Å². The lowest BCUT2D eigenvalue weighted by Gasteiger charge is -2.16. The van der Waals surface area contributed by atoms with E-state index in [2.05, 4.69) is 5.32 Å². The molecule has 0 unspecified atom stereocenters. The summed E-state index contributed by atoms with van der Waals surface area (Å²) in [5.41, 5.74) is 1.55. The fourth-order valence-corrected chi connectivity index (χ4v) is 3.15. The van der Waals surface area contributed by atoms with Crippen molar-refractivity contribution >= 4 is 40.9 Å². The number of carbonyl (C=O) groups is 3. The van der Waals surface area contributed by atoms with E-state index < -0.39 is 5.97 Å². The second-order valence-electron chi connectivity index (χ2n) is 5.25. The third-order valence-electron chi connectivity index (χ3n) is 3.47. The molecule has 2 amide bonds.